The van der Waals surface area contributed by atoms with Crippen LogP contribution in [0.3, 0.4) is 0 Å². The molecular formula is C8H3ClF2N2O2. The molecule has 0 spiro atoms. The molecule has 0 aliphatic carbocycles. The summed E-state index contributed by atoms with van der Waals surface area (Å²) in [5.41, 5.74) is -2.03. The molecule has 0 atom stereocenters. The van der Waals surface area contributed by atoms with Crippen molar-refractivity contribution in [1.82, 2.24) is 4.98 Å². The van der Waals surface area contributed by atoms with Gasteiger partial charge in [-0.3, -0.25) is 0 Å². The predicted molar refractivity (Wildman–Crippen MR) is 45.9 cm³/mol. The molecule has 0 aromatic carbocycles. The van der Waals surface area contributed by atoms with E-state index in [1.807, 2.05) is 0 Å². The zero-order chi connectivity index (χ0) is 11.6. The molecule has 0 aliphatic heterocycles. The molecule has 0 amide bonds. The van der Waals surface area contributed by atoms with Crippen LogP contribution in [-0.2, 0) is 0 Å². The van der Waals surface area contributed by atoms with Gasteiger partial charge in [0.15, 0.2) is 0 Å². The molecule has 1 heterocycles. The highest BCUT2D eigenvalue weighted by Crippen LogP contribution is 2.26. The molecule has 0 saturated carbocycles. The van der Waals surface area contributed by atoms with Crippen LogP contribution in [0.2, 0.25) is 5.02 Å². The van der Waals surface area contributed by atoms with Crippen LogP contribution in [0.4, 0.5) is 8.78 Å². The van der Waals surface area contributed by atoms with Crippen LogP contribution < -0.4 is 0 Å². The van der Waals surface area contributed by atoms with Crippen LogP contribution in [0.5, 0.6) is 0 Å². The maximum absolute atomic E-state index is 12.4. The number of alkyl halides is 2. The Hall–Kier alpha value is -1.74. The smallest absolute Gasteiger partial charge is 0.354 e. The van der Waals surface area contributed by atoms with Gasteiger partial charge >= 0.3 is 5.97 Å². The fourth-order valence-corrected chi connectivity index (χ4v) is 1.15. The van der Waals surface area contributed by atoms with Crippen LogP contribution in [0.15, 0.2) is 6.07 Å². The molecule has 0 unspecified atom stereocenters. The Bertz CT molecular complexity index is 457. The molecule has 0 fully saturated rings. The van der Waals surface area contributed by atoms with Gasteiger partial charge in [-0.1, -0.05) is 11.6 Å². The highest BCUT2D eigenvalue weighted by atomic mass is 35.5. The summed E-state index contributed by atoms with van der Waals surface area (Å²) in [4.78, 5) is 13.6. The van der Waals surface area contributed by atoms with E-state index in [0.29, 0.717) is 0 Å². The van der Waals surface area contributed by atoms with E-state index in [2.05, 4.69) is 4.98 Å². The Morgan fingerprint density at radius 1 is 1.67 bits per heavy atom. The van der Waals surface area contributed by atoms with Gasteiger partial charge in [-0.25, -0.2) is 18.6 Å². The number of nitrogens with zero attached hydrogens (tertiary/aromatic N) is 2. The molecule has 4 nitrogen and oxygen atoms in total. The molecule has 78 valence electrons. The van der Waals surface area contributed by atoms with E-state index in [4.69, 9.17) is 22.0 Å². The SMILES string of the molecule is N#Cc1c(Cl)cc(C(=O)O)nc1C(F)F. The number of halogens is 3. The average Bonchev–Trinajstić information content (AvgIpc) is 2.16. The summed E-state index contributed by atoms with van der Waals surface area (Å²) < 4.78 is 24.7. The lowest BCUT2D eigenvalue weighted by Gasteiger charge is -2.04. The number of nitriles is 1. The standard InChI is InChI=1S/C8H3ClF2N2O2/c9-4-1-5(8(14)15)13-6(7(10)11)3(4)2-12/h1,7H,(H,14,15). The van der Waals surface area contributed by atoms with Crippen molar-refractivity contribution >= 4 is 17.6 Å². The average molecular weight is 233 g/mol. The summed E-state index contributed by atoms with van der Waals surface area (Å²) in [6.45, 7) is 0. The van der Waals surface area contributed by atoms with E-state index in [0.717, 1.165) is 6.07 Å². The molecule has 0 saturated heterocycles. The highest BCUT2D eigenvalue weighted by Gasteiger charge is 2.21. The zero-order valence-electron chi connectivity index (χ0n) is 7.04. The summed E-state index contributed by atoms with van der Waals surface area (Å²) in [6.07, 6.45) is -3.04. The molecule has 7 heteroatoms. The third-order valence-electron chi connectivity index (χ3n) is 1.54. The van der Waals surface area contributed by atoms with E-state index in [9.17, 15) is 13.6 Å². The lowest BCUT2D eigenvalue weighted by atomic mass is 10.2. The van der Waals surface area contributed by atoms with E-state index in [1.165, 1.54) is 6.07 Å². The van der Waals surface area contributed by atoms with Gasteiger partial charge < -0.3 is 5.11 Å². The number of carbonyl (C=O) groups is 1. The van der Waals surface area contributed by atoms with E-state index in [-0.39, 0.29) is 5.02 Å². The van der Waals surface area contributed by atoms with Crippen molar-refractivity contribution in [2.45, 2.75) is 6.43 Å². The zero-order valence-corrected chi connectivity index (χ0v) is 7.79. The topological polar surface area (TPSA) is 74.0 Å². The predicted octanol–water partition coefficient (Wildman–Crippen LogP) is 2.24. The minimum absolute atomic E-state index is 0.347. The third-order valence-corrected chi connectivity index (χ3v) is 1.84. The maximum atomic E-state index is 12.4. The number of aromatic carboxylic acids is 1. The second-order valence-electron chi connectivity index (χ2n) is 2.47. The second-order valence-corrected chi connectivity index (χ2v) is 2.87. The van der Waals surface area contributed by atoms with Crippen LogP contribution in [0, 0.1) is 11.3 Å². The van der Waals surface area contributed by atoms with Gasteiger partial charge in [0.2, 0.25) is 0 Å². The largest absolute Gasteiger partial charge is 0.477 e. The Morgan fingerprint density at radius 3 is 2.67 bits per heavy atom. The van der Waals surface area contributed by atoms with Crippen molar-refractivity contribution < 1.29 is 18.7 Å². The quantitative estimate of drug-likeness (QED) is 0.849. The van der Waals surface area contributed by atoms with Crippen molar-refractivity contribution in [3.8, 4) is 6.07 Å². The van der Waals surface area contributed by atoms with Gasteiger partial charge in [0, 0.05) is 0 Å². The first-order chi connectivity index (χ1) is 6.97. The van der Waals surface area contributed by atoms with Crippen LogP contribution >= 0.6 is 11.6 Å². The Morgan fingerprint density at radius 2 is 2.27 bits per heavy atom. The molecule has 1 aromatic rings. The van der Waals surface area contributed by atoms with E-state index in [1.54, 1.807) is 0 Å². The summed E-state index contributed by atoms with van der Waals surface area (Å²) in [7, 11) is 0. The van der Waals surface area contributed by atoms with Gasteiger partial charge in [0.1, 0.15) is 17.5 Å². The minimum atomic E-state index is -3.04. The van der Waals surface area contributed by atoms with Crippen molar-refractivity contribution in [1.29, 1.82) is 5.26 Å². The number of hydrogen-bond acceptors (Lipinski definition) is 3. The number of pyridine rings is 1. The molecule has 15 heavy (non-hydrogen) atoms. The van der Waals surface area contributed by atoms with E-state index >= 15 is 0 Å². The van der Waals surface area contributed by atoms with Crippen molar-refractivity contribution in [3.63, 3.8) is 0 Å². The van der Waals surface area contributed by atoms with Gasteiger partial charge in [-0.2, -0.15) is 5.26 Å². The summed E-state index contributed by atoms with van der Waals surface area (Å²) >= 11 is 5.46. The number of carboxylic acids is 1. The van der Waals surface area contributed by atoms with Crippen LogP contribution in [0.1, 0.15) is 28.2 Å². The number of aromatic nitrogens is 1. The number of rotatable bonds is 2. The van der Waals surface area contributed by atoms with Gasteiger partial charge in [0.25, 0.3) is 6.43 Å². The summed E-state index contributed by atoms with van der Waals surface area (Å²) in [5, 5.41) is 16.7. The molecular weight excluding hydrogens is 230 g/mol. The fourth-order valence-electron chi connectivity index (χ4n) is 0.911. The van der Waals surface area contributed by atoms with E-state index < -0.39 is 29.3 Å². The fraction of sp³-hybridized carbons (Fsp3) is 0.125. The van der Waals surface area contributed by atoms with Crippen LogP contribution in [-0.4, -0.2) is 16.1 Å². The molecule has 0 radical (unpaired) electrons. The first kappa shape index (κ1) is 11.3. The lowest BCUT2D eigenvalue weighted by Crippen LogP contribution is -2.06. The van der Waals surface area contributed by atoms with Gasteiger partial charge in [-0.15, -0.1) is 0 Å². The summed E-state index contributed by atoms with van der Waals surface area (Å²) in [5.74, 6) is -1.48. The second kappa shape index (κ2) is 4.19. The normalized spacial score (nSPS) is 10.1. The Balaban J connectivity index is 3.47. The first-order valence-corrected chi connectivity index (χ1v) is 3.97. The highest BCUT2D eigenvalue weighted by molar-refractivity contribution is 6.32. The molecule has 1 rings (SSSR count). The lowest BCUT2D eigenvalue weighted by molar-refractivity contribution is 0.0688. The Labute approximate surface area is 87.7 Å². The Kier molecular flexibility index (Phi) is 3.17. The first-order valence-electron chi connectivity index (χ1n) is 3.59. The minimum Gasteiger partial charge on any atom is -0.477 e. The van der Waals surface area contributed by atoms with Crippen molar-refractivity contribution in [3.05, 3.63) is 28.0 Å². The number of hydrogen-bond donors (Lipinski definition) is 1. The third kappa shape index (κ3) is 2.19. The molecule has 0 aliphatic rings. The summed E-state index contributed by atoms with van der Waals surface area (Å²) in [6, 6.07) is 2.30. The van der Waals surface area contributed by atoms with Gasteiger partial charge in [0.05, 0.1) is 10.6 Å². The van der Waals surface area contributed by atoms with Crippen LogP contribution in [0.25, 0.3) is 0 Å². The van der Waals surface area contributed by atoms with Crippen molar-refractivity contribution in [2.24, 2.45) is 0 Å². The molecule has 0 bridgehead atoms. The number of carboxylic acid groups (broad SMARTS) is 1. The van der Waals surface area contributed by atoms with Gasteiger partial charge in [-0.05, 0) is 6.07 Å². The molecule has 1 aromatic heterocycles. The van der Waals surface area contributed by atoms with Crippen molar-refractivity contribution in [2.75, 3.05) is 0 Å². The molecule has 1 N–H and O–H groups in total. The monoisotopic (exact) mass is 232 g/mol. The maximum Gasteiger partial charge on any atom is 0.354 e.